The van der Waals surface area contributed by atoms with Gasteiger partial charge in [0.1, 0.15) is 11.7 Å². The summed E-state index contributed by atoms with van der Waals surface area (Å²) in [6.07, 6.45) is 6.72. The molecule has 2 aromatic carbocycles. The second kappa shape index (κ2) is 11.4. The number of fused-ring (bicyclic) bond motifs is 1. The number of hydrogen-bond donors (Lipinski definition) is 1. The first-order valence-corrected chi connectivity index (χ1v) is 12.5. The van der Waals surface area contributed by atoms with Gasteiger partial charge in [0.2, 0.25) is 0 Å². The van der Waals surface area contributed by atoms with Crippen LogP contribution in [0.15, 0.2) is 63.5 Å². The topological polar surface area (TPSA) is 68.5 Å². The Bertz CT molecular complexity index is 1160. The minimum Gasteiger partial charge on any atom is -0.312 e. The van der Waals surface area contributed by atoms with E-state index in [4.69, 9.17) is 9.83 Å². The number of aromatic nitrogens is 2. The predicted octanol–water partition coefficient (Wildman–Crippen LogP) is 5.45. The van der Waals surface area contributed by atoms with E-state index in [-0.39, 0.29) is 17.6 Å². The number of unbranched alkanes of at least 4 members (excludes halogenated alkanes) is 4. The van der Waals surface area contributed by atoms with E-state index >= 15 is 0 Å². The second-order valence-corrected chi connectivity index (χ2v) is 9.11. The zero-order chi connectivity index (χ0) is 23.0. The maximum atomic E-state index is 13.2. The Morgan fingerprint density at radius 2 is 1.88 bits per heavy atom. The molecule has 8 heteroatoms. The van der Waals surface area contributed by atoms with Crippen LogP contribution in [0.25, 0.3) is 10.9 Å². The van der Waals surface area contributed by atoms with E-state index in [9.17, 15) is 9.18 Å². The van der Waals surface area contributed by atoms with Gasteiger partial charge in [-0.25, -0.2) is 19.7 Å². The molecule has 4 rings (SSSR count). The number of amidine groups is 1. The van der Waals surface area contributed by atoms with Crippen molar-refractivity contribution in [2.45, 2.75) is 69.1 Å². The monoisotopic (exact) mass is 468 g/mol. The molecule has 0 radical (unpaired) electrons. The first kappa shape index (κ1) is 23.4. The lowest BCUT2D eigenvalue weighted by molar-refractivity contribution is 0.0311. The fourth-order valence-electron chi connectivity index (χ4n) is 3.82. The number of rotatable bonds is 11. The molecular formula is C25H29FN4O2S. The molecule has 0 saturated carbocycles. The van der Waals surface area contributed by atoms with Crippen molar-refractivity contribution in [3.8, 4) is 0 Å². The number of nitrogens with zero attached hydrogens (tertiary/aromatic N) is 3. The van der Waals surface area contributed by atoms with Crippen LogP contribution < -0.4 is 11.0 Å². The third-order valence-corrected chi connectivity index (χ3v) is 6.66. The highest BCUT2D eigenvalue weighted by atomic mass is 32.2. The van der Waals surface area contributed by atoms with Crippen LogP contribution in [0.4, 0.5) is 4.39 Å². The van der Waals surface area contributed by atoms with Gasteiger partial charge in [-0.05, 0) is 42.7 Å². The van der Waals surface area contributed by atoms with Crippen LogP contribution in [-0.4, -0.2) is 21.6 Å². The number of para-hydroxylation sites is 1. The molecule has 1 aliphatic rings. The highest BCUT2D eigenvalue weighted by molar-refractivity contribution is 7.98. The summed E-state index contributed by atoms with van der Waals surface area (Å²) in [5.41, 5.74) is 4.46. The number of aliphatic imine (C=N–C) groups is 1. The van der Waals surface area contributed by atoms with Crippen LogP contribution in [0.2, 0.25) is 0 Å². The van der Waals surface area contributed by atoms with Gasteiger partial charge in [0.15, 0.2) is 11.4 Å². The summed E-state index contributed by atoms with van der Waals surface area (Å²) in [7, 11) is 0. The summed E-state index contributed by atoms with van der Waals surface area (Å²) in [5, 5.41) is 1.16. The molecule has 0 saturated heterocycles. The van der Waals surface area contributed by atoms with E-state index in [1.54, 1.807) is 18.2 Å². The van der Waals surface area contributed by atoms with Crippen LogP contribution in [0.1, 0.15) is 51.0 Å². The molecule has 33 heavy (non-hydrogen) atoms. The van der Waals surface area contributed by atoms with Crippen molar-refractivity contribution in [3.63, 3.8) is 0 Å². The summed E-state index contributed by atoms with van der Waals surface area (Å²) in [4.78, 5) is 27.4. The molecule has 1 aliphatic heterocycles. The van der Waals surface area contributed by atoms with Crippen molar-refractivity contribution >= 4 is 28.5 Å². The molecule has 0 spiro atoms. The van der Waals surface area contributed by atoms with Crippen molar-refractivity contribution in [1.29, 1.82) is 0 Å². The number of benzene rings is 2. The predicted molar refractivity (Wildman–Crippen MR) is 131 cm³/mol. The maximum Gasteiger partial charge on any atom is 0.281 e. The Morgan fingerprint density at radius 1 is 1.09 bits per heavy atom. The van der Waals surface area contributed by atoms with E-state index in [0.29, 0.717) is 28.7 Å². The molecule has 1 atom stereocenters. The third-order valence-electron chi connectivity index (χ3n) is 5.61. The van der Waals surface area contributed by atoms with Crippen molar-refractivity contribution in [3.05, 3.63) is 70.3 Å². The summed E-state index contributed by atoms with van der Waals surface area (Å²) >= 11 is 1.45. The normalized spacial score (nSPS) is 15.6. The van der Waals surface area contributed by atoms with Crippen molar-refractivity contribution in [2.75, 3.05) is 0 Å². The quantitative estimate of drug-likeness (QED) is 0.230. The summed E-state index contributed by atoms with van der Waals surface area (Å²) in [6.45, 7) is 2.63. The lowest BCUT2D eigenvalue weighted by Gasteiger charge is -2.15. The van der Waals surface area contributed by atoms with E-state index in [2.05, 4.69) is 17.4 Å². The highest BCUT2D eigenvalue weighted by Crippen LogP contribution is 2.24. The third kappa shape index (κ3) is 6.21. The molecule has 0 fully saturated rings. The lowest BCUT2D eigenvalue weighted by Crippen LogP contribution is -2.26. The molecule has 1 unspecified atom stereocenters. The first-order valence-electron chi connectivity index (χ1n) is 11.5. The lowest BCUT2D eigenvalue weighted by atomic mass is 10.1. The molecule has 3 aromatic rings. The van der Waals surface area contributed by atoms with Gasteiger partial charge in [0.05, 0.1) is 17.4 Å². The molecule has 0 bridgehead atoms. The number of halogens is 1. The Hall–Kier alpha value is -2.71. The zero-order valence-corrected chi connectivity index (χ0v) is 19.6. The Kier molecular flexibility index (Phi) is 8.12. The number of hydrogen-bond acceptors (Lipinski definition) is 6. The molecule has 1 aromatic heterocycles. The smallest absolute Gasteiger partial charge is 0.281 e. The Morgan fingerprint density at radius 3 is 2.70 bits per heavy atom. The Labute approximate surface area is 197 Å². The number of thioether (sulfide) groups is 1. The van der Waals surface area contributed by atoms with Crippen LogP contribution in [0, 0.1) is 5.82 Å². The fraction of sp³-hybridized carbons (Fsp3) is 0.400. The van der Waals surface area contributed by atoms with Crippen molar-refractivity contribution < 1.29 is 9.23 Å². The maximum absolute atomic E-state index is 13.2. The minimum atomic E-state index is -0.269. The van der Waals surface area contributed by atoms with Crippen LogP contribution in [-0.2, 0) is 17.1 Å². The second-order valence-electron chi connectivity index (χ2n) is 8.17. The molecule has 2 heterocycles. The molecule has 0 amide bonds. The van der Waals surface area contributed by atoms with E-state index < -0.39 is 0 Å². The fourth-order valence-corrected chi connectivity index (χ4v) is 4.78. The van der Waals surface area contributed by atoms with Crippen LogP contribution in [0.5, 0.6) is 0 Å². The van der Waals surface area contributed by atoms with Crippen LogP contribution in [0.3, 0.4) is 0 Å². The largest absolute Gasteiger partial charge is 0.312 e. The number of hydroxylamine groups is 1. The van der Waals surface area contributed by atoms with E-state index in [1.807, 2.05) is 22.8 Å². The van der Waals surface area contributed by atoms with Gasteiger partial charge < -0.3 is 4.57 Å². The van der Waals surface area contributed by atoms with Gasteiger partial charge >= 0.3 is 0 Å². The average Bonchev–Trinajstić information content (AvgIpc) is 3.28. The zero-order valence-electron chi connectivity index (χ0n) is 18.8. The van der Waals surface area contributed by atoms with Crippen LogP contribution >= 0.6 is 11.8 Å². The van der Waals surface area contributed by atoms with Gasteiger partial charge in [-0.2, -0.15) is 4.98 Å². The van der Waals surface area contributed by atoms with Gasteiger partial charge in [-0.1, -0.05) is 68.6 Å². The number of nitrogens with one attached hydrogen (secondary N) is 1. The summed E-state index contributed by atoms with van der Waals surface area (Å²) < 4.78 is 15.2. The van der Waals surface area contributed by atoms with E-state index in [0.717, 1.165) is 23.9 Å². The standard InChI is InChI=1S/C25H29FN4O2S/c1-2-3-4-5-6-11-23-27-22(29-32-23)16-30-21-10-8-7-9-20(21)24(31)28-25(30)33-17-18-12-14-19(26)15-13-18/h7-10,12-15,23H,2-6,11,16-17H2,1H3,(H,27,29). The van der Waals surface area contributed by atoms with E-state index in [1.165, 1.54) is 49.6 Å². The Balaban J connectivity index is 1.52. The SMILES string of the molecule is CCCCCCCC1N=C(Cn2c(SCc3ccc(F)cc3)nc(=O)c3ccccc32)NO1. The molecular weight excluding hydrogens is 439 g/mol. The van der Waals surface area contributed by atoms with Crippen molar-refractivity contribution in [1.82, 2.24) is 15.0 Å². The average molecular weight is 469 g/mol. The van der Waals surface area contributed by atoms with Gasteiger partial charge in [0.25, 0.3) is 5.56 Å². The first-order chi connectivity index (χ1) is 16.1. The molecule has 6 nitrogen and oxygen atoms in total. The summed E-state index contributed by atoms with van der Waals surface area (Å²) in [5.74, 6) is 1.02. The molecule has 174 valence electrons. The molecule has 1 N–H and O–H groups in total. The van der Waals surface area contributed by atoms with Crippen molar-refractivity contribution in [2.24, 2.45) is 4.99 Å². The van der Waals surface area contributed by atoms with Gasteiger partial charge in [0, 0.05) is 5.75 Å². The van der Waals surface area contributed by atoms with Gasteiger partial charge in [-0.15, -0.1) is 0 Å². The molecule has 0 aliphatic carbocycles. The highest BCUT2D eigenvalue weighted by Gasteiger charge is 2.20. The minimum absolute atomic E-state index is 0.185. The van der Waals surface area contributed by atoms with Gasteiger partial charge in [-0.3, -0.25) is 4.79 Å². The summed E-state index contributed by atoms with van der Waals surface area (Å²) in [6, 6.07) is 13.8.